The standard InChI is InChI=1S/C20H25F11N2O4/c1-4-10(5-2)37-12-8-9(14(34)36-6-3)7-11(32)13(12)33-15(35)16(21,22)17(23,24)18(25,26)19(27,28)20(29,30)31/h8,10-13H,4-7,32H2,1-3H3,(H,33,35)/t11-,12+,13+/m0/s1. The maximum Gasteiger partial charge on any atom is 0.460 e. The highest BCUT2D eigenvalue weighted by Gasteiger charge is 2.88. The van der Waals surface area contributed by atoms with Crippen LogP contribution in [0, 0.1) is 0 Å². The van der Waals surface area contributed by atoms with Gasteiger partial charge in [0.1, 0.15) is 0 Å². The van der Waals surface area contributed by atoms with E-state index in [2.05, 4.69) is 0 Å². The highest BCUT2D eigenvalue weighted by molar-refractivity contribution is 5.89. The van der Waals surface area contributed by atoms with Gasteiger partial charge in [-0.3, -0.25) is 4.79 Å². The molecule has 1 aliphatic carbocycles. The monoisotopic (exact) mass is 566 g/mol. The number of ether oxygens (including phenoxy) is 2. The molecule has 0 bridgehead atoms. The number of nitrogens with one attached hydrogen (secondary N) is 1. The molecule has 6 nitrogen and oxygen atoms in total. The Bertz CT molecular complexity index is 858. The van der Waals surface area contributed by atoms with Gasteiger partial charge in [0.2, 0.25) is 0 Å². The Labute approximate surface area is 203 Å². The number of rotatable bonds is 11. The summed E-state index contributed by atoms with van der Waals surface area (Å²) in [5, 5.41) is 1.20. The highest BCUT2D eigenvalue weighted by atomic mass is 19.4. The quantitative estimate of drug-likeness (QED) is 0.287. The topological polar surface area (TPSA) is 90.6 Å². The number of hydrogen-bond donors (Lipinski definition) is 2. The van der Waals surface area contributed by atoms with Gasteiger partial charge in [0.15, 0.2) is 0 Å². The van der Waals surface area contributed by atoms with Gasteiger partial charge in [0.05, 0.1) is 24.9 Å². The molecule has 17 heteroatoms. The summed E-state index contributed by atoms with van der Waals surface area (Å²) >= 11 is 0. The number of carbonyl (C=O) groups excluding carboxylic acids is 2. The number of amides is 1. The number of carbonyl (C=O) groups is 2. The van der Waals surface area contributed by atoms with Crippen molar-refractivity contribution in [3.05, 3.63) is 11.6 Å². The van der Waals surface area contributed by atoms with E-state index in [1.165, 1.54) is 12.2 Å². The van der Waals surface area contributed by atoms with Crippen LogP contribution in [0.2, 0.25) is 0 Å². The van der Waals surface area contributed by atoms with Crippen LogP contribution in [0.5, 0.6) is 0 Å². The lowest BCUT2D eigenvalue weighted by atomic mass is 9.87. The zero-order valence-corrected chi connectivity index (χ0v) is 19.6. The molecule has 0 aromatic carbocycles. The van der Waals surface area contributed by atoms with Gasteiger partial charge in [-0.05, 0) is 32.3 Å². The molecule has 1 aliphatic rings. The van der Waals surface area contributed by atoms with E-state index in [0.717, 1.165) is 6.08 Å². The van der Waals surface area contributed by atoms with Crippen LogP contribution in [0.1, 0.15) is 40.0 Å². The van der Waals surface area contributed by atoms with E-state index in [1.807, 2.05) is 0 Å². The first-order valence-electron chi connectivity index (χ1n) is 10.8. The minimum absolute atomic E-state index is 0.0955. The third kappa shape index (κ3) is 6.12. The first-order chi connectivity index (χ1) is 16.6. The molecular formula is C20H25F11N2O4. The van der Waals surface area contributed by atoms with Crippen molar-refractivity contribution in [2.24, 2.45) is 5.73 Å². The molecule has 0 fully saturated rings. The average Bonchev–Trinajstić information content (AvgIpc) is 2.77. The molecule has 0 spiro atoms. The van der Waals surface area contributed by atoms with E-state index in [-0.39, 0.29) is 25.0 Å². The van der Waals surface area contributed by atoms with E-state index >= 15 is 0 Å². The second-order valence-electron chi connectivity index (χ2n) is 8.11. The number of nitrogens with two attached hydrogens (primary N) is 1. The number of halogens is 11. The van der Waals surface area contributed by atoms with E-state index in [1.54, 1.807) is 13.8 Å². The van der Waals surface area contributed by atoms with Crippen LogP contribution in [0.4, 0.5) is 48.3 Å². The van der Waals surface area contributed by atoms with Crippen LogP contribution >= 0.6 is 0 Å². The molecule has 0 saturated heterocycles. The van der Waals surface area contributed by atoms with Crippen molar-refractivity contribution in [3.8, 4) is 0 Å². The first-order valence-corrected chi connectivity index (χ1v) is 10.8. The molecule has 3 N–H and O–H groups in total. The first kappa shape index (κ1) is 32.9. The predicted octanol–water partition coefficient (Wildman–Crippen LogP) is 4.37. The summed E-state index contributed by atoms with van der Waals surface area (Å²) in [6, 6.07) is -3.47. The summed E-state index contributed by atoms with van der Waals surface area (Å²) < 4.78 is 157. The summed E-state index contributed by atoms with van der Waals surface area (Å²) in [7, 11) is 0. The molecule has 0 aliphatic heterocycles. The molecule has 216 valence electrons. The van der Waals surface area contributed by atoms with E-state index in [9.17, 15) is 57.9 Å². The molecule has 1 rings (SSSR count). The van der Waals surface area contributed by atoms with Crippen LogP contribution in [0.3, 0.4) is 0 Å². The number of hydrogen-bond acceptors (Lipinski definition) is 5. The third-order valence-electron chi connectivity index (χ3n) is 5.56. The number of alkyl halides is 11. The molecule has 0 unspecified atom stereocenters. The zero-order chi connectivity index (χ0) is 29.2. The van der Waals surface area contributed by atoms with Gasteiger partial charge in [0, 0.05) is 11.6 Å². The van der Waals surface area contributed by atoms with E-state index in [0.29, 0.717) is 0 Å². The molecular weight excluding hydrogens is 541 g/mol. The summed E-state index contributed by atoms with van der Waals surface area (Å²) in [5.41, 5.74) is 5.61. The molecule has 37 heavy (non-hydrogen) atoms. The van der Waals surface area contributed by atoms with Crippen LogP contribution in [0.25, 0.3) is 0 Å². The van der Waals surface area contributed by atoms with Gasteiger partial charge in [-0.2, -0.15) is 48.3 Å². The Morgan fingerprint density at radius 3 is 1.89 bits per heavy atom. The van der Waals surface area contributed by atoms with Crippen LogP contribution < -0.4 is 11.1 Å². The van der Waals surface area contributed by atoms with Gasteiger partial charge in [-0.15, -0.1) is 0 Å². The Morgan fingerprint density at radius 1 is 0.946 bits per heavy atom. The van der Waals surface area contributed by atoms with Crippen molar-refractivity contribution >= 4 is 11.9 Å². The van der Waals surface area contributed by atoms with Gasteiger partial charge >= 0.3 is 35.8 Å². The Kier molecular flexibility index (Phi) is 10.0. The zero-order valence-electron chi connectivity index (χ0n) is 19.6. The normalized spacial score (nSPS) is 22.1. The summed E-state index contributed by atoms with van der Waals surface area (Å²) in [6.45, 7) is 4.57. The van der Waals surface area contributed by atoms with Crippen molar-refractivity contribution in [2.75, 3.05) is 6.61 Å². The minimum Gasteiger partial charge on any atom is -0.463 e. The third-order valence-corrected chi connectivity index (χ3v) is 5.56. The maximum atomic E-state index is 14.2. The lowest BCUT2D eigenvalue weighted by molar-refractivity contribution is -0.417. The SMILES string of the molecule is CCOC(=O)C1=C[C@@H](OC(CC)CC)[C@H](NC(=O)C(F)(F)C(F)(F)C(F)(F)C(F)(F)C(F)(F)F)[C@@H](N)C1. The van der Waals surface area contributed by atoms with Crippen LogP contribution in [-0.4, -0.2) is 72.6 Å². The van der Waals surface area contributed by atoms with E-state index in [4.69, 9.17) is 15.2 Å². The van der Waals surface area contributed by atoms with Crippen molar-refractivity contribution in [3.63, 3.8) is 0 Å². The fourth-order valence-corrected chi connectivity index (χ4v) is 3.34. The molecule has 0 radical (unpaired) electrons. The number of esters is 1. The lowest BCUT2D eigenvalue weighted by Crippen LogP contribution is -2.70. The lowest BCUT2D eigenvalue weighted by Gasteiger charge is -2.39. The molecule has 3 atom stereocenters. The van der Waals surface area contributed by atoms with Gasteiger partial charge in [0.25, 0.3) is 5.91 Å². The fourth-order valence-electron chi connectivity index (χ4n) is 3.34. The Balaban J connectivity index is 3.41. The van der Waals surface area contributed by atoms with Crippen molar-refractivity contribution in [1.29, 1.82) is 0 Å². The van der Waals surface area contributed by atoms with Crippen LogP contribution in [-0.2, 0) is 19.1 Å². The van der Waals surface area contributed by atoms with Gasteiger partial charge in [-0.1, -0.05) is 13.8 Å². The summed E-state index contributed by atoms with van der Waals surface area (Å²) in [5.74, 6) is -33.9. The highest BCUT2D eigenvalue weighted by Crippen LogP contribution is 2.57. The molecule has 0 heterocycles. The second kappa shape index (κ2) is 11.3. The fraction of sp³-hybridized carbons (Fsp3) is 0.800. The summed E-state index contributed by atoms with van der Waals surface area (Å²) in [6.07, 6.45) is -8.63. The van der Waals surface area contributed by atoms with Gasteiger partial charge in [-0.25, -0.2) is 4.79 Å². The van der Waals surface area contributed by atoms with Crippen molar-refractivity contribution < 1.29 is 67.4 Å². The van der Waals surface area contributed by atoms with Gasteiger partial charge < -0.3 is 20.5 Å². The smallest absolute Gasteiger partial charge is 0.460 e. The Morgan fingerprint density at radius 2 is 1.46 bits per heavy atom. The Hall–Kier alpha value is -2.17. The second-order valence-corrected chi connectivity index (χ2v) is 8.11. The largest absolute Gasteiger partial charge is 0.463 e. The van der Waals surface area contributed by atoms with Crippen molar-refractivity contribution in [1.82, 2.24) is 5.32 Å². The maximum absolute atomic E-state index is 14.2. The van der Waals surface area contributed by atoms with E-state index < -0.39 is 72.5 Å². The molecule has 0 aromatic heterocycles. The molecule has 0 saturated carbocycles. The average molecular weight is 566 g/mol. The molecule has 1 amide bonds. The van der Waals surface area contributed by atoms with Crippen LogP contribution in [0.15, 0.2) is 11.6 Å². The molecule has 0 aromatic rings. The van der Waals surface area contributed by atoms with Crippen molar-refractivity contribution in [2.45, 2.75) is 94.2 Å². The minimum atomic E-state index is -7.74. The summed E-state index contributed by atoms with van der Waals surface area (Å²) in [4.78, 5) is 24.1. The predicted molar refractivity (Wildman–Crippen MR) is 104 cm³/mol.